The molecule has 1 atom stereocenters. The molecule has 5 rings (SSSR count). The molecule has 13 heteroatoms. The van der Waals surface area contributed by atoms with E-state index in [1.54, 1.807) is 33.0 Å². The van der Waals surface area contributed by atoms with Crippen LogP contribution < -0.4 is 14.8 Å². The highest BCUT2D eigenvalue weighted by atomic mass is 35.5. The number of hydrogen-bond donors (Lipinski definition) is 2. The van der Waals surface area contributed by atoms with Crippen LogP contribution in [0.2, 0.25) is 5.02 Å². The summed E-state index contributed by atoms with van der Waals surface area (Å²) in [5, 5.41) is 2.92. The summed E-state index contributed by atoms with van der Waals surface area (Å²) in [4.78, 5) is 28.8. The predicted molar refractivity (Wildman–Crippen MR) is 185 cm³/mol. The molecule has 0 radical (unpaired) electrons. The van der Waals surface area contributed by atoms with E-state index >= 15 is 0 Å². The van der Waals surface area contributed by atoms with Crippen LogP contribution in [0.25, 0.3) is 11.1 Å². The zero-order chi connectivity index (χ0) is 35.2. The molecule has 1 amide bonds. The molecule has 0 saturated heterocycles. The van der Waals surface area contributed by atoms with Gasteiger partial charge in [-0.3, -0.25) is 4.98 Å². The molecular weight excluding hydrogens is 670 g/mol. The van der Waals surface area contributed by atoms with Gasteiger partial charge in [0, 0.05) is 35.1 Å². The summed E-state index contributed by atoms with van der Waals surface area (Å²) < 4.78 is 51.8. The Hall–Kier alpha value is -3.71. The number of methoxy groups -OCH3 is 1. The van der Waals surface area contributed by atoms with Gasteiger partial charge < -0.3 is 24.3 Å². The Morgan fingerprint density at radius 1 is 1.06 bits per heavy atom. The minimum absolute atomic E-state index is 0.0626. The molecular formula is C36H44ClN3O8S. The molecule has 49 heavy (non-hydrogen) atoms. The molecule has 0 unspecified atom stereocenters. The fourth-order valence-corrected chi connectivity index (χ4v) is 6.70. The van der Waals surface area contributed by atoms with Crippen molar-refractivity contribution in [3.05, 3.63) is 77.1 Å². The van der Waals surface area contributed by atoms with Gasteiger partial charge in [0.1, 0.15) is 17.4 Å². The Morgan fingerprint density at radius 2 is 1.82 bits per heavy atom. The first kappa shape index (κ1) is 36.6. The second-order valence-electron chi connectivity index (χ2n) is 13.4. The van der Waals surface area contributed by atoms with Gasteiger partial charge in [-0.05, 0) is 107 Å². The van der Waals surface area contributed by atoms with E-state index in [1.165, 1.54) is 19.2 Å². The maximum absolute atomic E-state index is 13.2. The van der Waals surface area contributed by atoms with Crippen LogP contribution >= 0.6 is 11.6 Å². The number of alkyl carbamates (subject to hydrolysis) is 1. The number of nitrogens with one attached hydrogen (secondary N) is 2. The molecule has 2 saturated carbocycles. The van der Waals surface area contributed by atoms with Gasteiger partial charge in [-0.25, -0.2) is 22.7 Å². The second kappa shape index (κ2) is 15.5. The molecule has 0 bridgehead atoms. The van der Waals surface area contributed by atoms with Crippen LogP contribution in [0.5, 0.6) is 5.75 Å². The molecule has 1 heterocycles. The van der Waals surface area contributed by atoms with Crippen molar-refractivity contribution in [1.29, 1.82) is 0 Å². The van der Waals surface area contributed by atoms with Crippen LogP contribution in [0.1, 0.15) is 76.8 Å². The fourth-order valence-electron chi connectivity index (χ4n) is 5.40. The standard InChI is InChI=1S/C36H44ClN3O8S/c1-35(2,3)48-34(42)40-31(33(41)45-4)10-7-8-19-39-49(43,44)26-14-15-30(37)24(21-26)23-46-36(17-18-36)29-22-38-20-16-27(29)28-9-5-6-11-32(28)47-25-12-13-25/h5-6,9,11,14-16,20-22,25,31,39H,7-8,10,12-13,17-19,23H2,1-4H3,(H,40,42)/t31-/m0/s1. The molecule has 0 aliphatic heterocycles. The minimum Gasteiger partial charge on any atom is -0.490 e. The number of carbonyl (C=O) groups excluding carboxylic acids is 2. The van der Waals surface area contributed by atoms with Crippen molar-refractivity contribution >= 4 is 33.7 Å². The average Bonchev–Trinajstić information content (AvgIpc) is 4.00. The van der Waals surface area contributed by atoms with Gasteiger partial charge in [-0.1, -0.05) is 29.8 Å². The lowest BCUT2D eigenvalue weighted by molar-refractivity contribution is -0.143. The highest BCUT2D eigenvalue weighted by Gasteiger charge is 2.48. The van der Waals surface area contributed by atoms with E-state index in [-0.39, 0.29) is 30.6 Å². The van der Waals surface area contributed by atoms with E-state index < -0.39 is 39.3 Å². The summed E-state index contributed by atoms with van der Waals surface area (Å²) in [5.41, 5.74) is 2.18. The van der Waals surface area contributed by atoms with E-state index in [0.29, 0.717) is 23.4 Å². The number of amides is 1. The number of hydrogen-bond acceptors (Lipinski definition) is 9. The van der Waals surface area contributed by atoms with Crippen molar-refractivity contribution < 1.29 is 37.0 Å². The number of unbranched alkanes of at least 4 members (excludes halogenated alkanes) is 1. The molecule has 0 spiro atoms. The number of esters is 1. The third-order valence-electron chi connectivity index (χ3n) is 8.23. The van der Waals surface area contributed by atoms with Crippen molar-refractivity contribution in [3.8, 4) is 16.9 Å². The third kappa shape index (κ3) is 9.94. The van der Waals surface area contributed by atoms with Gasteiger partial charge in [-0.2, -0.15) is 0 Å². The van der Waals surface area contributed by atoms with Gasteiger partial charge in [-0.15, -0.1) is 0 Å². The topological polar surface area (TPSA) is 142 Å². The highest BCUT2D eigenvalue weighted by Crippen LogP contribution is 2.53. The molecule has 1 aromatic heterocycles. The third-order valence-corrected chi connectivity index (χ3v) is 10.1. The van der Waals surface area contributed by atoms with Crippen LogP contribution in [0.4, 0.5) is 4.79 Å². The number of nitrogens with zero attached hydrogens (tertiary/aromatic N) is 1. The van der Waals surface area contributed by atoms with Crippen LogP contribution in [0.15, 0.2) is 65.8 Å². The molecule has 2 N–H and O–H groups in total. The van der Waals surface area contributed by atoms with Crippen LogP contribution in [0.3, 0.4) is 0 Å². The highest BCUT2D eigenvalue weighted by molar-refractivity contribution is 7.89. The van der Waals surface area contributed by atoms with Gasteiger partial charge in [0.2, 0.25) is 10.0 Å². The average molecular weight is 714 g/mol. The number of pyridine rings is 1. The zero-order valence-electron chi connectivity index (χ0n) is 28.3. The first-order valence-corrected chi connectivity index (χ1v) is 18.4. The summed E-state index contributed by atoms with van der Waals surface area (Å²) in [6, 6.07) is 13.6. The molecule has 2 fully saturated rings. The Balaban J connectivity index is 1.19. The van der Waals surface area contributed by atoms with Crippen LogP contribution in [-0.4, -0.2) is 56.9 Å². The number of aromatic nitrogens is 1. The van der Waals surface area contributed by atoms with E-state index in [9.17, 15) is 18.0 Å². The largest absolute Gasteiger partial charge is 0.490 e. The summed E-state index contributed by atoms with van der Waals surface area (Å²) >= 11 is 6.53. The predicted octanol–water partition coefficient (Wildman–Crippen LogP) is 6.66. The van der Waals surface area contributed by atoms with Crippen molar-refractivity contribution in [2.75, 3.05) is 13.7 Å². The Morgan fingerprint density at radius 3 is 2.51 bits per heavy atom. The van der Waals surface area contributed by atoms with Crippen molar-refractivity contribution in [2.24, 2.45) is 0 Å². The maximum Gasteiger partial charge on any atom is 0.408 e. The van der Waals surface area contributed by atoms with Crippen LogP contribution in [0, 0.1) is 0 Å². The Labute approximate surface area is 293 Å². The maximum atomic E-state index is 13.2. The van der Waals surface area contributed by atoms with Crippen molar-refractivity contribution in [3.63, 3.8) is 0 Å². The van der Waals surface area contributed by atoms with E-state index in [0.717, 1.165) is 48.1 Å². The smallest absolute Gasteiger partial charge is 0.408 e. The molecule has 2 aromatic carbocycles. The first-order valence-electron chi connectivity index (χ1n) is 16.5. The normalized spacial score (nSPS) is 16.0. The van der Waals surface area contributed by atoms with E-state index in [4.69, 9.17) is 30.5 Å². The van der Waals surface area contributed by atoms with Gasteiger partial charge in [0.25, 0.3) is 0 Å². The lowest BCUT2D eigenvalue weighted by Gasteiger charge is -2.22. The second-order valence-corrected chi connectivity index (χ2v) is 15.6. The lowest BCUT2D eigenvalue weighted by Crippen LogP contribution is -2.44. The summed E-state index contributed by atoms with van der Waals surface area (Å²) in [6.07, 6.45) is 7.92. The van der Waals surface area contributed by atoms with Crippen molar-refractivity contribution in [2.45, 2.75) is 101 Å². The minimum atomic E-state index is -3.87. The summed E-state index contributed by atoms with van der Waals surface area (Å²) in [6.45, 7) is 5.39. The fraction of sp³-hybridized carbons (Fsp3) is 0.472. The summed E-state index contributed by atoms with van der Waals surface area (Å²) in [5.74, 6) is 0.227. The first-order chi connectivity index (χ1) is 23.3. The van der Waals surface area contributed by atoms with Crippen molar-refractivity contribution in [1.82, 2.24) is 15.0 Å². The monoisotopic (exact) mass is 713 g/mol. The molecule has 3 aromatic rings. The quantitative estimate of drug-likeness (QED) is 0.123. The molecule has 2 aliphatic rings. The van der Waals surface area contributed by atoms with E-state index in [1.807, 2.05) is 36.5 Å². The van der Waals surface area contributed by atoms with Gasteiger partial charge in [0.15, 0.2) is 0 Å². The van der Waals surface area contributed by atoms with Gasteiger partial charge >= 0.3 is 12.1 Å². The lowest BCUT2D eigenvalue weighted by atomic mass is 9.96. The summed E-state index contributed by atoms with van der Waals surface area (Å²) in [7, 11) is -2.64. The molecule has 2 aliphatic carbocycles. The SMILES string of the molecule is COC(=O)[C@H](CCCCNS(=O)(=O)c1ccc(Cl)c(COC2(c3cnccc3-c3ccccc3OC3CC3)CC2)c1)NC(=O)OC(C)(C)C. The molecule has 11 nitrogen and oxygen atoms in total. The number of rotatable bonds is 16. The van der Waals surface area contributed by atoms with E-state index in [2.05, 4.69) is 15.0 Å². The molecule has 264 valence electrons. The number of benzene rings is 2. The number of carbonyl (C=O) groups is 2. The number of sulfonamides is 1. The van der Waals surface area contributed by atoms with Gasteiger partial charge in [0.05, 0.1) is 30.3 Å². The Kier molecular flexibility index (Phi) is 11.5. The number of ether oxygens (including phenoxy) is 4. The zero-order valence-corrected chi connectivity index (χ0v) is 29.9. The van der Waals surface area contributed by atoms with Crippen LogP contribution in [-0.2, 0) is 41.2 Å². The number of halogens is 1. The Bertz CT molecular complexity index is 1750. The number of para-hydroxylation sites is 1.